The third kappa shape index (κ3) is 3.12. The van der Waals surface area contributed by atoms with Crippen molar-refractivity contribution >= 4 is 34.5 Å². The molecule has 1 aliphatic rings. The zero-order chi connectivity index (χ0) is 18.2. The molecule has 3 aromatic heterocycles. The second kappa shape index (κ2) is 6.99. The summed E-state index contributed by atoms with van der Waals surface area (Å²) in [5, 5.41) is 10.7. The number of H-pyrrole nitrogens is 1. The van der Waals surface area contributed by atoms with Gasteiger partial charge in [-0.2, -0.15) is 5.10 Å². The number of thiophene rings is 1. The molecule has 0 radical (unpaired) electrons. The van der Waals surface area contributed by atoms with Crippen LogP contribution in [0, 0.1) is 4.77 Å². The number of para-hydroxylation sites is 1. The van der Waals surface area contributed by atoms with Crippen LogP contribution in [-0.4, -0.2) is 32.5 Å². The van der Waals surface area contributed by atoms with Crippen molar-refractivity contribution in [2.24, 2.45) is 0 Å². The van der Waals surface area contributed by atoms with Crippen molar-refractivity contribution in [2.45, 2.75) is 25.5 Å². The minimum absolute atomic E-state index is 0.193. The Kier molecular flexibility index (Phi) is 4.35. The molecule has 1 fully saturated rings. The second-order valence-electron chi connectivity index (χ2n) is 6.65. The van der Waals surface area contributed by atoms with Crippen LogP contribution in [0.4, 0.5) is 0 Å². The van der Waals surface area contributed by atoms with Crippen LogP contribution < -0.4 is 0 Å². The number of pyridine rings is 1. The minimum Gasteiger partial charge on any atom is -0.376 e. The van der Waals surface area contributed by atoms with Gasteiger partial charge in [-0.25, -0.2) is 4.98 Å². The van der Waals surface area contributed by atoms with Crippen molar-refractivity contribution in [1.29, 1.82) is 0 Å². The molecule has 1 aliphatic heterocycles. The first-order valence-electron chi connectivity index (χ1n) is 9.00. The van der Waals surface area contributed by atoms with Gasteiger partial charge in [0, 0.05) is 17.6 Å². The Balaban J connectivity index is 1.70. The van der Waals surface area contributed by atoms with Gasteiger partial charge in [-0.1, -0.05) is 24.3 Å². The molecule has 27 heavy (non-hydrogen) atoms. The van der Waals surface area contributed by atoms with Crippen LogP contribution in [-0.2, 0) is 11.3 Å². The number of nitrogens with one attached hydrogen (secondary N) is 1. The molecule has 4 aromatic rings. The maximum Gasteiger partial charge on any atom is 0.195 e. The number of benzene rings is 1. The Hall–Kier alpha value is -2.35. The number of ether oxygens (including phenoxy) is 1. The molecule has 1 saturated heterocycles. The van der Waals surface area contributed by atoms with Crippen molar-refractivity contribution in [3.8, 4) is 22.0 Å². The lowest BCUT2D eigenvalue weighted by Crippen LogP contribution is -2.16. The SMILES string of the molecule is S=c1[nH]nc(-c2cc(-c3cccs3)nc3ccccc23)n1C[C@@H]1CCCO1. The molecule has 5 rings (SSSR count). The maximum atomic E-state index is 5.82. The van der Waals surface area contributed by atoms with Gasteiger partial charge in [0.25, 0.3) is 0 Å². The molecule has 0 unspecified atom stereocenters. The van der Waals surface area contributed by atoms with E-state index in [-0.39, 0.29) is 6.10 Å². The smallest absolute Gasteiger partial charge is 0.195 e. The fraction of sp³-hybridized carbons (Fsp3) is 0.250. The Bertz CT molecular complexity index is 1140. The lowest BCUT2D eigenvalue weighted by Gasteiger charge is -2.14. The quantitative estimate of drug-likeness (QED) is 0.491. The summed E-state index contributed by atoms with van der Waals surface area (Å²) in [5.41, 5.74) is 2.95. The average molecular weight is 395 g/mol. The molecule has 0 spiro atoms. The van der Waals surface area contributed by atoms with E-state index < -0.39 is 0 Å². The Labute approximate surface area is 165 Å². The van der Waals surface area contributed by atoms with Crippen molar-refractivity contribution in [1.82, 2.24) is 19.7 Å². The van der Waals surface area contributed by atoms with Crippen LogP contribution in [0.15, 0.2) is 47.8 Å². The van der Waals surface area contributed by atoms with Crippen LogP contribution in [0.5, 0.6) is 0 Å². The topological polar surface area (TPSA) is 55.7 Å². The Morgan fingerprint density at radius 3 is 3.00 bits per heavy atom. The zero-order valence-corrected chi connectivity index (χ0v) is 16.2. The summed E-state index contributed by atoms with van der Waals surface area (Å²) in [7, 11) is 0. The highest BCUT2D eigenvalue weighted by Gasteiger charge is 2.21. The third-order valence-electron chi connectivity index (χ3n) is 4.90. The van der Waals surface area contributed by atoms with E-state index in [2.05, 4.69) is 38.3 Å². The summed E-state index contributed by atoms with van der Waals surface area (Å²) in [6.07, 6.45) is 2.36. The first-order chi connectivity index (χ1) is 13.3. The number of hydrogen-bond acceptors (Lipinski definition) is 5. The first-order valence-corrected chi connectivity index (χ1v) is 10.3. The van der Waals surface area contributed by atoms with Gasteiger partial charge in [0.05, 0.1) is 28.7 Å². The summed E-state index contributed by atoms with van der Waals surface area (Å²) in [6, 6.07) is 14.4. The van der Waals surface area contributed by atoms with E-state index in [1.54, 1.807) is 11.3 Å². The van der Waals surface area contributed by atoms with Crippen molar-refractivity contribution in [3.05, 3.63) is 52.6 Å². The van der Waals surface area contributed by atoms with E-state index in [1.807, 2.05) is 24.3 Å². The Morgan fingerprint density at radius 2 is 2.19 bits per heavy atom. The predicted molar refractivity (Wildman–Crippen MR) is 110 cm³/mol. The normalized spacial score (nSPS) is 17.0. The number of hydrogen-bond donors (Lipinski definition) is 1. The van der Waals surface area contributed by atoms with Crippen LogP contribution in [0.25, 0.3) is 32.9 Å². The van der Waals surface area contributed by atoms with Crippen LogP contribution in [0.1, 0.15) is 12.8 Å². The van der Waals surface area contributed by atoms with Gasteiger partial charge >= 0.3 is 0 Å². The largest absolute Gasteiger partial charge is 0.376 e. The molecule has 1 N–H and O–H groups in total. The molecule has 0 amide bonds. The predicted octanol–water partition coefficient (Wildman–Crippen LogP) is 5.06. The summed E-state index contributed by atoms with van der Waals surface area (Å²) in [6.45, 7) is 1.54. The standard InChI is InChI=1S/C20H18N4OS2/c26-20-23-22-19(24(20)12-13-5-3-9-25-13)15-11-17(18-8-4-10-27-18)21-16-7-2-1-6-14(15)16/h1-2,4,6-8,10-11,13H,3,5,9,12H2,(H,23,26)/t13-/m0/s1. The molecule has 0 bridgehead atoms. The van der Waals surface area contributed by atoms with Gasteiger partial charge in [-0.05, 0) is 48.6 Å². The molecule has 136 valence electrons. The molecule has 7 heteroatoms. The van der Waals surface area contributed by atoms with Gasteiger partial charge in [0.1, 0.15) is 0 Å². The zero-order valence-electron chi connectivity index (χ0n) is 14.6. The van der Waals surface area contributed by atoms with Gasteiger partial charge in [0.15, 0.2) is 10.6 Å². The van der Waals surface area contributed by atoms with Crippen molar-refractivity contribution in [2.75, 3.05) is 6.61 Å². The fourth-order valence-electron chi connectivity index (χ4n) is 3.60. The van der Waals surface area contributed by atoms with Crippen LogP contribution >= 0.6 is 23.6 Å². The summed E-state index contributed by atoms with van der Waals surface area (Å²) in [5.74, 6) is 0.840. The third-order valence-corrected chi connectivity index (χ3v) is 6.10. The maximum absolute atomic E-state index is 5.82. The van der Waals surface area contributed by atoms with Crippen molar-refractivity contribution in [3.63, 3.8) is 0 Å². The highest BCUT2D eigenvalue weighted by atomic mass is 32.1. The van der Waals surface area contributed by atoms with E-state index >= 15 is 0 Å². The lowest BCUT2D eigenvalue weighted by atomic mass is 10.1. The molecule has 1 aromatic carbocycles. The Morgan fingerprint density at radius 1 is 1.26 bits per heavy atom. The number of rotatable bonds is 4. The van der Waals surface area contributed by atoms with E-state index in [0.29, 0.717) is 4.77 Å². The highest BCUT2D eigenvalue weighted by Crippen LogP contribution is 2.33. The number of fused-ring (bicyclic) bond motifs is 1. The molecule has 1 atom stereocenters. The van der Waals surface area contributed by atoms with Gasteiger partial charge in [-0.15, -0.1) is 11.3 Å². The molecule has 0 aliphatic carbocycles. The van der Waals surface area contributed by atoms with E-state index in [0.717, 1.165) is 58.9 Å². The number of nitrogens with zero attached hydrogens (tertiary/aromatic N) is 3. The van der Waals surface area contributed by atoms with Crippen molar-refractivity contribution < 1.29 is 4.74 Å². The highest BCUT2D eigenvalue weighted by molar-refractivity contribution is 7.71. The first kappa shape index (κ1) is 16.8. The van der Waals surface area contributed by atoms with Crippen LogP contribution in [0.3, 0.4) is 0 Å². The molecular formula is C20H18N4OS2. The fourth-order valence-corrected chi connectivity index (χ4v) is 4.49. The lowest BCUT2D eigenvalue weighted by molar-refractivity contribution is 0.0970. The second-order valence-corrected chi connectivity index (χ2v) is 7.98. The molecular weight excluding hydrogens is 376 g/mol. The summed E-state index contributed by atoms with van der Waals surface area (Å²) in [4.78, 5) is 6.00. The molecule has 5 nitrogen and oxygen atoms in total. The number of aromatic amines is 1. The molecule has 0 saturated carbocycles. The van der Waals surface area contributed by atoms with Gasteiger partial charge < -0.3 is 4.74 Å². The number of aromatic nitrogens is 4. The van der Waals surface area contributed by atoms with Crippen LogP contribution in [0.2, 0.25) is 0 Å². The van der Waals surface area contributed by atoms with E-state index in [4.69, 9.17) is 21.9 Å². The van der Waals surface area contributed by atoms with E-state index in [1.165, 1.54) is 0 Å². The van der Waals surface area contributed by atoms with Gasteiger partial charge in [-0.3, -0.25) is 9.67 Å². The van der Waals surface area contributed by atoms with Gasteiger partial charge in [0.2, 0.25) is 0 Å². The minimum atomic E-state index is 0.193. The molecule has 4 heterocycles. The monoisotopic (exact) mass is 394 g/mol. The average Bonchev–Trinajstić information content (AvgIpc) is 3.45. The summed E-state index contributed by atoms with van der Waals surface area (Å²) >= 11 is 7.20. The summed E-state index contributed by atoms with van der Waals surface area (Å²) < 4.78 is 8.51. The van der Waals surface area contributed by atoms with E-state index in [9.17, 15) is 0 Å².